The maximum Gasteiger partial charge on any atom is 0.257 e. The zero-order valence-corrected chi connectivity index (χ0v) is 16.9. The molecule has 3 aromatic rings. The molecule has 1 aliphatic heterocycles. The van der Waals surface area contributed by atoms with Gasteiger partial charge in [0.25, 0.3) is 5.91 Å². The molecule has 1 atom stereocenters. The van der Waals surface area contributed by atoms with Crippen molar-refractivity contribution in [3.8, 4) is 11.3 Å². The molecule has 0 N–H and O–H groups in total. The summed E-state index contributed by atoms with van der Waals surface area (Å²) in [4.78, 5) is 21.4. The highest BCUT2D eigenvalue weighted by molar-refractivity contribution is 6.00. The number of aromatic nitrogens is 3. The van der Waals surface area contributed by atoms with Crippen molar-refractivity contribution in [2.75, 3.05) is 26.2 Å². The minimum atomic E-state index is -0.738. The van der Waals surface area contributed by atoms with Crippen LogP contribution in [-0.2, 0) is 7.05 Å². The van der Waals surface area contributed by atoms with E-state index in [2.05, 4.69) is 21.9 Å². The van der Waals surface area contributed by atoms with E-state index in [4.69, 9.17) is 0 Å². The third-order valence-corrected chi connectivity index (χ3v) is 5.56. The summed E-state index contributed by atoms with van der Waals surface area (Å²) >= 11 is 0. The fourth-order valence-corrected chi connectivity index (χ4v) is 3.84. The monoisotopic (exact) mass is 411 g/mol. The van der Waals surface area contributed by atoms with Crippen molar-refractivity contribution in [3.63, 3.8) is 0 Å². The fourth-order valence-electron chi connectivity index (χ4n) is 3.84. The number of carbonyl (C=O) groups is 1. The lowest BCUT2D eigenvalue weighted by Crippen LogP contribution is -2.49. The number of amides is 1. The van der Waals surface area contributed by atoms with Crippen LogP contribution in [0.5, 0.6) is 0 Å². The lowest BCUT2D eigenvalue weighted by atomic mass is 10.1. The van der Waals surface area contributed by atoms with Crippen LogP contribution in [0.4, 0.5) is 8.78 Å². The first-order chi connectivity index (χ1) is 14.4. The molecule has 0 aliphatic carbocycles. The molecule has 0 saturated carbocycles. The Bertz CT molecular complexity index is 1040. The number of halogens is 2. The first-order valence-corrected chi connectivity index (χ1v) is 9.86. The fraction of sp³-hybridized carbons (Fsp3) is 0.318. The van der Waals surface area contributed by atoms with Gasteiger partial charge in [0.15, 0.2) is 0 Å². The zero-order chi connectivity index (χ0) is 21.3. The van der Waals surface area contributed by atoms with E-state index in [0.717, 1.165) is 24.7 Å². The first-order valence-electron chi connectivity index (χ1n) is 9.86. The lowest BCUT2D eigenvalue weighted by molar-refractivity contribution is 0.0582. The minimum absolute atomic E-state index is 0.115. The van der Waals surface area contributed by atoms with Gasteiger partial charge in [-0.05, 0) is 30.7 Å². The van der Waals surface area contributed by atoms with Gasteiger partial charge in [0.1, 0.15) is 17.3 Å². The normalized spacial score (nSPS) is 15.9. The van der Waals surface area contributed by atoms with Crippen LogP contribution in [-0.4, -0.2) is 56.7 Å². The number of piperazine rings is 1. The third-order valence-electron chi connectivity index (χ3n) is 5.56. The number of nitrogens with zero attached hydrogens (tertiary/aromatic N) is 5. The Morgan fingerprint density at radius 2 is 1.90 bits per heavy atom. The molecule has 1 unspecified atom stereocenters. The summed E-state index contributed by atoms with van der Waals surface area (Å²) in [5.41, 5.74) is 1.80. The summed E-state index contributed by atoms with van der Waals surface area (Å²) in [6.45, 7) is 4.70. The second kappa shape index (κ2) is 8.31. The molecule has 1 aromatic carbocycles. The van der Waals surface area contributed by atoms with E-state index in [-0.39, 0.29) is 23.2 Å². The standard InChI is InChI=1S/C22H23F2N5O/c1-15(16-4-3-7-25-13-16)28-8-10-29(11-9-28)22(30)19-14-27(2)26-21(19)18-6-5-17(23)12-20(18)24/h3-7,12-15H,8-11H2,1-2H3. The van der Waals surface area contributed by atoms with E-state index >= 15 is 0 Å². The van der Waals surface area contributed by atoms with Crippen molar-refractivity contribution in [1.29, 1.82) is 0 Å². The summed E-state index contributed by atoms with van der Waals surface area (Å²) < 4.78 is 29.1. The van der Waals surface area contributed by atoms with Crippen LogP contribution in [0.15, 0.2) is 48.9 Å². The number of aryl methyl sites for hydroxylation is 1. The molecule has 6 nitrogen and oxygen atoms in total. The van der Waals surface area contributed by atoms with Crippen LogP contribution in [0.2, 0.25) is 0 Å². The molecule has 0 radical (unpaired) electrons. The first kappa shape index (κ1) is 20.2. The van der Waals surface area contributed by atoms with Crippen LogP contribution in [0.1, 0.15) is 28.9 Å². The van der Waals surface area contributed by atoms with E-state index in [1.165, 1.54) is 16.8 Å². The number of pyridine rings is 1. The highest BCUT2D eigenvalue weighted by atomic mass is 19.1. The highest BCUT2D eigenvalue weighted by Gasteiger charge is 2.28. The third kappa shape index (κ3) is 3.95. The topological polar surface area (TPSA) is 54.3 Å². The van der Waals surface area contributed by atoms with Crippen molar-refractivity contribution < 1.29 is 13.6 Å². The predicted molar refractivity (Wildman–Crippen MR) is 109 cm³/mol. The molecule has 1 aliphatic rings. The van der Waals surface area contributed by atoms with Crippen LogP contribution >= 0.6 is 0 Å². The molecule has 3 heterocycles. The predicted octanol–water partition coefficient (Wildman–Crippen LogP) is 3.28. The van der Waals surface area contributed by atoms with Gasteiger partial charge in [0, 0.05) is 69.5 Å². The summed E-state index contributed by atoms with van der Waals surface area (Å²) in [6, 6.07) is 7.46. The van der Waals surface area contributed by atoms with Gasteiger partial charge in [-0.25, -0.2) is 8.78 Å². The molecule has 1 fully saturated rings. The van der Waals surface area contributed by atoms with Gasteiger partial charge in [-0.1, -0.05) is 6.07 Å². The van der Waals surface area contributed by atoms with Crippen molar-refractivity contribution >= 4 is 5.91 Å². The molecule has 1 saturated heterocycles. The Kier molecular flexibility index (Phi) is 5.59. The molecule has 156 valence electrons. The van der Waals surface area contributed by atoms with Crippen molar-refractivity contribution in [1.82, 2.24) is 24.6 Å². The summed E-state index contributed by atoms with van der Waals surface area (Å²) in [5, 5.41) is 4.26. The smallest absolute Gasteiger partial charge is 0.257 e. The van der Waals surface area contributed by atoms with Crippen molar-refractivity contribution in [2.24, 2.45) is 7.05 Å². The molecule has 2 aromatic heterocycles. The maximum atomic E-state index is 14.3. The van der Waals surface area contributed by atoms with Crippen LogP contribution in [0.3, 0.4) is 0 Å². The van der Waals surface area contributed by atoms with Gasteiger partial charge in [0.2, 0.25) is 0 Å². The second-order valence-electron chi connectivity index (χ2n) is 7.48. The Hall–Kier alpha value is -3.13. The maximum absolute atomic E-state index is 14.3. The van der Waals surface area contributed by atoms with E-state index in [9.17, 15) is 13.6 Å². The Morgan fingerprint density at radius 3 is 2.57 bits per heavy atom. The quantitative estimate of drug-likeness (QED) is 0.661. The number of hydrogen-bond donors (Lipinski definition) is 0. The van der Waals surface area contributed by atoms with Gasteiger partial charge in [-0.2, -0.15) is 5.10 Å². The van der Waals surface area contributed by atoms with Gasteiger partial charge < -0.3 is 4.90 Å². The summed E-state index contributed by atoms with van der Waals surface area (Å²) in [7, 11) is 1.68. The van der Waals surface area contributed by atoms with E-state index in [1.54, 1.807) is 24.3 Å². The van der Waals surface area contributed by atoms with Crippen molar-refractivity contribution in [3.05, 3.63) is 71.7 Å². The molecule has 0 spiro atoms. The molecule has 4 rings (SSSR count). The number of hydrogen-bond acceptors (Lipinski definition) is 4. The minimum Gasteiger partial charge on any atom is -0.336 e. The Labute approximate surface area is 173 Å². The van der Waals surface area contributed by atoms with E-state index in [1.807, 2.05) is 18.3 Å². The zero-order valence-electron chi connectivity index (χ0n) is 16.9. The van der Waals surface area contributed by atoms with Gasteiger partial charge in [-0.3, -0.25) is 19.4 Å². The van der Waals surface area contributed by atoms with E-state index < -0.39 is 11.6 Å². The number of benzene rings is 1. The molecule has 8 heteroatoms. The van der Waals surface area contributed by atoms with Crippen LogP contribution in [0, 0.1) is 11.6 Å². The molecule has 30 heavy (non-hydrogen) atoms. The number of rotatable bonds is 4. The number of carbonyl (C=O) groups excluding carboxylic acids is 1. The molecular weight excluding hydrogens is 388 g/mol. The molecule has 1 amide bonds. The average Bonchev–Trinajstić information content (AvgIpc) is 3.14. The van der Waals surface area contributed by atoms with Gasteiger partial charge in [-0.15, -0.1) is 0 Å². The molecule has 0 bridgehead atoms. The largest absolute Gasteiger partial charge is 0.336 e. The summed E-state index contributed by atoms with van der Waals surface area (Å²) in [6.07, 6.45) is 5.20. The van der Waals surface area contributed by atoms with Crippen LogP contribution in [0.25, 0.3) is 11.3 Å². The Morgan fingerprint density at radius 1 is 1.13 bits per heavy atom. The average molecular weight is 411 g/mol. The Balaban J connectivity index is 1.50. The van der Waals surface area contributed by atoms with Gasteiger partial charge in [0.05, 0.1) is 5.56 Å². The highest BCUT2D eigenvalue weighted by Crippen LogP contribution is 2.27. The van der Waals surface area contributed by atoms with Crippen LogP contribution < -0.4 is 0 Å². The van der Waals surface area contributed by atoms with E-state index in [0.29, 0.717) is 18.7 Å². The second-order valence-corrected chi connectivity index (χ2v) is 7.48. The molecular formula is C22H23F2N5O. The van der Waals surface area contributed by atoms with Gasteiger partial charge >= 0.3 is 0 Å². The van der Waals surface area contributed by atoms with Crippen molar-refractivity contribution in [2.45, 2.75) is 13.0 Å². The summed E-state index contributed by atoms with van der Waals surface area (Å²) in [5.74, 6) is -1.60. The SMILES string of the molecule is CC(c1cccnc1)N1CCN(C(=O)c2cn(C)nc2-c2ccc(F)cc2F)CC1. The lowest BCUT2D eigenvalue weighted by Gasteiger charge is -2.38.